The first-order chi connectivity index (χ1) is 14.6. The zero-order valence-corrected chi connectivity index (χ0v) is 17.9. The summed E-state index contributed by atoms with van der Waals surface area (Å²) < 4.78 is 27.6. The number of hydrogen-bond donors (Lipinski definition) is 0. The van der Waals surface area contributed by atoms with Gasteiger partial charge >= 0.3 is 0 Å². The fourth-order valence-electron chi connectivity index (χ4n) is 3.39. The lowest BCUT2D eigenvalue weighted by Crippen LogP contribution is -2.01. The summed E-state index contributed by atoms with van der Waals surface area (Å²) in [5.74, 6) is 3.22. The van der Waals surface area contributed by atoms with Gasteiger partial charge in [0.2, 0.25) is 5.75 Å². The second-order valence-corrected chi connectivity index (χ2v) is 6.50. The summed E-state index contributed by atoms with van der Waals surface area (Å²) in [4.78, 5) is 0. The van der Waals surface area contributed by atoms with Gasteiger partial charge in [0.15, 0.2) is 11.5 Å². The van der Waals surface area contributed by atoms with Gasteiger partial charge in [-0.3, -0.25) is 0 Å². The van der Waals surface area contributed by atoms with Crippen molar-refractivity contribution >= 4 is 5.57 Å². The molecule has 0 unspecified atom stereocenters. The maximum atomic E-state index is 5.79. The molecule has 0 aliphatic rings. The van der Waals surface area contributed by atoms with E-state index >= 15 is 0 Å². The molecule has 156 valence electrons. The standard InChI is InChI=1S/C25H26O5/c1-16(17-7-11-19(26-2)12-8-17)21-15-22(28-4)24(29-5)25(30-6)23(21)18-9-13-20(27-3)14-10-18/h7-15H,1H2,2-6H3. The lowest BCUT2D eigenvalue weighted by molar-refractivity contribution is 0.325. The van der Waals surface area contributed by atoms with Crippen LogP contribution in [0.2, 0.25) is 0 Å². The summed E-state index contributed by atoms with van der Waals surface area (Å²) in [6.07, 6.45) is 0. The minimum atomic E-state index is 0.525. The molecule has 0 N–H and O–H groups in total. The van der Waals surface area contributed by atoms with E-state index in [0.29, 0.717) is 17.2 Å². The zero-order chi connectivity index (χ0) is 21.7. The number of hydrogen-bond acceptors (Lipinski definition) is 5. The second-order valence-electron chi connectivity index (χ2n) is 6.50. The van der Waals surface area contributed by atoms with Gasteiger partial charge in [-0.1, -0.05) is 30.8 Å². The van der Waals surface area contributed by atoms with Crippen molar-refractivity contribution in [1.29, 1.82) is 0 Å². The van der Waals surface area contributed by atoms with E-state index in [2.05, 4.69) is 6.58 Å². The van der Waals surface area contributed by atoms with Crippen molar-refractivity contribution < 1.29 is 23.7 Å². The fraction of sp³-hybridized carbons (Fsp3) is 0.200. The second kappa shape index (κ2) is 9.27. The molecule has 0 heterocycles. The lowest BCUT2D eigenvalue weighted by atomic mass is 9.90. The highest BCUT2D eigenvalue weighted by Crippen LogP contribution is 2.49. The molecule has 0 saturated carbocycles. The van der Waals surface area contributed by atoms with Crippen LogP contribution in [0.3, 0.4) is 0 Å². The third-order valence-electron chi connectivity index (χ3n) is 4.97. The predicted octanol–water partition coefficient (Wildman–Crippen LogP) is 5.46. The van der Waals surface area contributed by atoms with Crippen LogP contribution in [0.15, 0.2) is 61.2 Å². The van der Waals surface area contributed by atoms with Crippen molar-refractivity contribution in [2.75, 3.05) is 35.5 Å². The van der Waals surface area contributed by atoms with Crippen LogP contribution in [-0.4, -0.2) is 35.5 Å². The van der Waals surface area contributed by atoms with Crippen LogP contribution < -0.4 is 23.7 Å². The van der Waals surface area contributed by atoms with Crippen LogP contribution in [0.4, 0.5) is 0 Å². The third-order valence-corrected chi connectivity index (χ3v) is 4.97. The average molecular weight is 406 g/mol. The molecule has 0 atom stereocenters. The van der Waals surface area contributed by atoms with Crippen molar-refractivity contribution in [3.8, 4) is 39.9 Å². The number of rotatable bonds is 8. The molecule has 3 aromatic rings. The van der Waals surface area contributed by atoms with Gasteiger partial charge in [-0.05, 0) is 52.6 Å². The number of ether oxygens (including phenoxy) is 5. The van der Waals surface area contributed by atoms with Crippen molar-refractivity contribution in [2.24, 2.45) is 0 Å². The van der Waals surface area contributed by atoms with Gasteiger partial charge in [0.25, 0.3) is 0 Å². The molecule has 0 aliphatic heterocycles. The van der Waals surface area contributed by atoms with E-state index in [0.717, 1.165) is 39.3 Å². The number of benzene rings is 3. The summed E-state index contributed by atoms with van der Waals surface area (Å²) in [5.41, 5.74) is 4.46. The minimum Gasteiger partial charge on any atom is -0.497 e. The van der Waals surface area contributed by atoms with Crippen molar-refractivity contribution in [3.63, 3.8) is 0 Å². The Morgan fingerprint density at radius 2 is 1.17 bits per heavy atom. The van der Waals surface area contributed by atoms with E-state index in [4.69, 9.17) is 23.7 Å². The van der Waals surface area contributed by atoms with Crippen LogP contribution >= 0.6 is 0 Å². The molecule has 0 aliphatic carbocycles. The Morgan fingerprint density at radius 3 is 1.63 bits per heavy atom. The van der Waals surface area contributed by atoms with E-state index < -0.39 is 0 Å². The van der Waals surface area contributed by atoms with Crippen LogP contribution in [0.5, 0.6) is 28.7 Å². The normalized spacial score (nSPS) is 10.3. The van der Waals surface area contributed by atoms with E-state index in [9.17, 15) is 0 Å². The quantitative estimate of drug-likeness (QED) is 0.497. The fourth-order valence-corrected chi connectivity index (χ4v) is 3.39. The van der Waals surface area contributed by atoms with Crippen LogP contribution in [0, 0.1) is 0 Å². The molecule has 30 heavy (non-hydrogen) atoms. The Morgan fingerprint density at radius 1 is 0.633 bits per heavy atom. The molecule has 5 heteroatoms. The Labute approximate surface area is 177 Å². The Bertz CT molecular complexity index is 1020. The van der Waals surface area contributed by atoms with Crippen molar-refractivity contribution in [2.45, 2.75) is 0 Å². The van der Waals surface area contributed by atoms with E-state index in [1.54, 1.807) is 35.5 Å². The van der Waals surface area contributed by atoms with Crippen LogP contribution in [0.25, 0.3) is 16.7 Å². The van der Waals surface area contributed by atoms with Gasteiger partial charge in [-0.15, -0.1) is 0 Å². The molecule has 0 radical (unpaired) electrons. The molecule has 3 aromatic carbocycles. The molecule has 0 saturated heterocycles. The molecule has 0 spiro atoms. The molecular weight excluding hydrogens is 380 g/mol. The predicted molar refractivity (Wildman–Crippen MR) is 119 cm³/mol. The largest absolute Gasteiger partial charge is 0.497 e. The van der Waals surface area contributed by atoms with Gasteiger partial charge in [-0.2, -0.15) is 0 Å². The number of methoxy groups -OCH3 is 5. The maximum absolute atomic E-state index is 5.79. The summed E-state index contributed by atoms with van der Waals surface area (Å²) >= 11 is 0. The van der Waals surface area contributed by atoms with Crippen molar-refractivity contribution in [1.82, 2.24) is 0 Å². The van der Waals surface area contributed by atoms with Crippen LogP contribution in [-0.2, 0) is 0 Å². The third kappa shape index (κ3) is 3.92. The van der Waals surface area contributed by atoms with Crippen LogP contribution in [0.1, 0.15) is 11.1 Å². The Balaban J connectivity index is 2.26. The lowest BCUT2D eigenvalue weighted by Gasteiger charge is -2.21. The highest BCUT2D eigenvalue weighted by Gasteiger charge is 2.23. The first-order valence-corrected chi connectivity index (χ1v) is 9.39. The highest BCUT2D eigenvalue weighted by molar-refractivity contribution is 5.93. The van der Waals surface area contributed by atoms with E-state index in [1.165, 1.54) is 0 Å². The summed E-state index contributed by atoms with van der Waals surface area (Å²) in [6.45, 7) is 4.36. The monoisotopic (exact) mass is 406 g/mol. The van der Waals surface area contributed by atoms with Gasteiger partial charge in [0, 0.05) is 5.56 Å². The Kier molecular flexibility index (Phi) is 6.52. The highest BCUT2D eigenvalue weighted by atomic mass is 16.5. The van der Waals surface area contributed by atoms with Gasteiger partial charge < -0.3 is 23.7 Å². The molecular formula is C25H26O5. The summed E-state index contributed by atoms with van der Waals surface area (Å²) in [6, 6.07) is 17.5. The van der Waals surface area contributed by atoms with Gasteiger partial charge in [-0.25, -0.2) is 0 Å². The average Bonchev–Trinajstić information content (AvgIpc) is 2.82. The topological polar surface area (TPSA) is 46.2 Å². The van der Waals surface area contributed by atoms with E-state index in [-0.39, 0.29) is 0 Å². The smallest absolute Gasteiger partial charge is 0.203 e. The molecule has 0 bridgehead atoms. The van der Waals surface area contributed by atoms with Gasteiger partial charge in [0.05, 0.1) is 35.5 Å². The summed E-state index contributed by atoms with van der Waals surface area (Å²) in [5, 5.41) is 0. The van der Waals surface area contributed by atoms with Crippen molar-refractivity contribution in [3.05, 3.63) is 72.3 Å². The molecule has 0 amide bonds. The maximum Gasteiger partial charge on any atom is 0.203 e. The zero-order valence-electron chi connectivity index (χ0n) is 17.9. The minimum absolute atomic E-state index is 0.525. The van der Waals surface area contributed by atoms with E-state index in [1.807, 2.05) is 54.6 Å². The first kappa shape index (κ1) is 21.1. The SMILES string of the molecule is C=C(c1ccc(OC)cc1)c1cc(OC)c(OC)c(OC)c1-c1ccc(OC)cc1. The Hall–Kier alpha value is -3.60. The first-order valence-electron chi connectivity index (χ1n) is 9.39. The molecule has 3 rings (SSSR count). The molecule has 0 fully saturated rings. The molecule has 0 aromatic heterocycles. The summed E-state index contributed by atoms with van der Waals surface area (Å²) in [7, 11) is 8.10. The van der Waals surface area contributed by atoms with Gasteiger partial charge in [0.1, 0.15) is 11.5 Å². The molecule has 5 nitrogen and oxygen atoms in total.